The lowest BCUT2D eigenvalue weighted by atomic mass is 10.2. The van der Waals surface area contributed by atoms with Crippen molar-refractivity contribution < 1.29 is 4.58 Å². The molecule has 1 N–H and O–H groups in total. The summed E-state index contributed by atoms with van der Waals surface area (Å²) in [6, 6.07) is 8.46. The number of rotatable bonds is 2. The molecule has 4 nitrogen and oxygen atoms in total. The number of nitrogens with zero attached hydrogens (tertiary/aromatic N) is 3. The van der Waals surface area contributed by atoms with Crippen LogP contribution in [0.5, 0.6) is 0 Å². The maximum absolute atomic E-state index is 4.39. The highest BCUT2D eigenvalue weighted by molar-refractivity contribution is 5.91. The lowest BCUT2D eigenvalue weighted by Crippen LogP contribution is -2.33. The maximum Gasteiger partial charge on any atom is 0.283 e. The van der Waals surface area contributed by atoms with E-state index in [1.54, 1.807) is 0 Å². The van der Waals surface area contributed by atoms with Gasteiger partial charge in [-0.05, 0) is 29.6 Å². The van der Waals surface area contributed by atoms with Gasteiger partial charge in [0, 0.05) is 6.54 Å². The third-order valence-electron chi connectivity index (χ3n) is 2.59. The predicted molar refractivity (Wildman–Crippen MR) is 71.9 cm³/mol. The molecule has 0 unspecified atom stereocenters. The van der Waals surface area contributed by atoms with Crippen molar-refractivity contribution in [2.24, 2.45) is 4.99 Å². The first-order chi connectivity index (χ1) is 8.15. The summed E-state index contributed by atoms with van der Waals surface area (Å²) in [7, 11) is 3.94. The lowest BCUT2D eigenvalue weighted by molar-refractivity contribution is -0.460. The summed E-state index contributed by atoms with van der Waals surface area (Å²) in [5.41, 5.74) is 5.78. The molecule has 0 spiro atoms. The van der Waals surface area contributed by atoms with E-state index in [0.29, 0.717) is 0 Å². The van der Waals surface area contributed by atoms with E-state index in [1.807, 2.05) is 25.0 Å². The number of benzene rings is 1. The van der Waals surface area contributed by atoms with Crippen LogP contribution in [0.25, 0.3) is 0 Å². The van der Waals surface area contributed by atoms with Crippen molar-refractivity contribution >= 4 is 17.9 Å². The summed E-state index contributed by atoms with van der Waals surface area (Å²) >= 11 is 0. The van der Waals surface area contributed by atoms with Crippen LogP contribution in [0.1, 0.15) is 12.0 Å². The normalized spacial score (nSPS) is 17.1. The van der Waals surface area contributed by atoms with Crippen molar-refractivity contribution in [3.63, 3.8) is 0 Å². The minimum atomic E-state index is 0.957. The Morgan fingerprint density at radius 2 is 2.24 bits per heavy atom. The van der Waals surface area contributed by atoms with Crippen LogP contribution in [-0.2, 0) is 0 Å². The smallest absolute Gasteiger partial charge is 0.283 e. The van der Waals surface area contributed by atoms with Gasteiger partial charge in [-0.1, -0.05) is 12.1 Å². The van der Waals surface area contributed by atoms with E-state index in [4.69, 9.17) is 0 Å². The van der Waals surface area contributed by atoms with E-state index in [1.165, 1.54) is 11.3 Å². The Bertz CT molecular complexity index is 458. The van der Waals surface area contributed by atoms with E-state index in [0.717, 1.165) is 18.8 Å². The Morgan fingerprint density at radius 3 is 2.94 bits per heavy atom. The number of hydrazine groups is 1. The molecule has 90 valence electrons. The van der Waals surface area contributed by atoms with E-state index < -0.39 is 0 Å². The van der Waals surface area contributed by atoms with E-state index in [-0.39, 0.29) is 0 Å². The number of hydrogen-bond donors (Lipinski definition) is 1. The number of anilines is 1. The Hall–Kier alpha value is -1.84. The molecule has 1 heterocycles. The largest absolute Gasteiger partial charge is 0.285 e. The average Bonchev–Trinajstić information content (AvgIpc) is 2.75. The molecule has 1 fully saturated rings. The molecule has 17 heavy (non-hydrogen) atoms. The minimum Gasteiger partial charge on any atom is -0.285 e. The van der Waals surface area contributed by atoms with Gasteiger partial charge in [-0.15, -0.1) is 0 Å². The number of amidine groups is 1. The first-order valence-corrected chi connectivity index (χ1v) is 5.82. The Balaban J connectivity index is 2.08. The lowest BCUT2D eigenvalue weighted by Gasteiger charge is -2.17. The molecule has 0 aliphatic carbocycles. The highest BCUT2D eigenvalue weighted by atomic mass is 15.5. The molecule has 0 bridgehead atoms. The predicted octanol–water partition coefficient (Wildman–Crippen LogP) is 1.41. The van der Waals surface area contributed by atoms with Crippen LogP contribution in [0, 0.1) is 6.92 Å². The Kier molecular flexibility index (Phi) is 3.42. The Labute approximate surface area is 102 Å². The molecule has 1 aliphatic heterocycles. The third kappa shape index (κ3) is 3.06. The Morgan fingerprint density at radius 1 is 1.41 bits per heavy atom. The molecule has 0 radical (unpaired) electrons. The van der Waals surface area contributed by atoms with Gasteiger partial charge in [0.1, 0.15) is 0 Å². The molecule has 1 aliphatic rings. The molecule has 0 atom stereocenters. The first-order valence-electron chi connectivity index (χ1n) is 5.82. The van der Waals surface area contributed by atoms with Crippen LogP contribution >= 0.6 is 0 Å². The van der Waals surface area contributed by atoms with E-state index >= 15 is 0 Å². The number of aryl methyl sites for hydroxylation is 1. The summed E-state index contributed by atoms with van der Waals surface area (Å²) in [4.78, 5) is 4.39. The van der Waals surface area contributed by atoms with E-state index in [2.05, 4.69) is 46.6 Å². The molecular formula is C13H19N4+. The zero-order chi connectivity index (χ0) is 12.3. The maximum atomic E-state index is 4.39. The molecule has 0 saturated carbocycles. The van der Waals surface area contributed by atoms with Gasteiger partial charge in [-0.2, -0.15) is 0 Å². The summed E-state index contributed by atoms with van der Waals surface area (Å²) in [5, 5.41) is 2.13. The van der Waals surface area contributed by atoms with Gasteiger partial charge in [0.2, 0.25) is 5.84 Å². The monoisotopic (exact) mass is 231 g/mol. The van der Waals surface area contributed by atoms with Crippen molar-refractivity contribution in [2.45, 2.75) is 13.3 Å². The van der Waals surface area contributed by atoms with Gasteiger partial charge in [0.15, 0.2) is 0 Å². The van der Waals surface area contributed by atoms with Crippen molar-refractivity contribution in [3.05, 3.63) is 29.8 Å². The van der Waals surface area contributed by atoms with Crippen LogP contribution in [0.4, 0.5) is 5.69 Å². The second-order valence-electron chi connectivity index (χ2n) is 4.51. The molecule has 1 aromatic rings. The van der Waals surface area contributed by atoms with E-state index in [9.17, 15) is 0 Å². The first kappa shape index (κ1) is 11.6. The summed E-state index contributed by atoms with van der Waals surface area (Å²) in [6.45, 7) is 3.07. The summed E-state index contributed by atoms with van der Waals surface area (Å²) in [6.07, 6.45) is 2.78. The quantitative estimate of drug-likeness (QED) is 0.474. The zero-order valence-corrected chi connectivity index (χ0v) is 10.6. The number of nitrogens with one attached hydrogen (secondary N) is 1. The highest BCUT2D eigenvalue weighted by Gasteiger charge is 2.20. The van der Waals surface area contributed by atoms with Crippen LogP contribution in [0.15, 0.2) is 29.3 Å². The highest BCUT2D eigenvalue weighted by Crippen LogP contribution is 2.17. The van der Waals surface area contributed by atoms with Crippen LogP contribution in [0.3, 0.4) is 0 Å². The van der Waals surface area contributed by atoms with Gasteiger partial charge in [0.05, 0.1) is 26.2 Å². The number of hydrogen-bond acceptors (Lipinski definition) is 1. The SMILES string of the molecule is Cc1cccc(N2CCC(=NC=[N+](C)C)N2)c1. The average molecular weight is 231 g/mol. The molecule has 1 saturated heterocycles. The fourth-order valence-corrected chi connectivity index (χ4v) is 1.75. The number of aliphatic imine (C=N–C) groups is 1. The van der Waals surface area contributed by atoms with Gasteiger partial charge in [0.25, 0.3) is 6.34 Å². The molecule has 4 heteroatoms. The van der Waals surface area contributed by atoms with Crippen molar-refractivity contribution in [2.75, 3.05) is 25.6 Å². The van der Waals surface area contributed by atoms with Gasteiger partial charge < -0.3 is 0 Å². The minimum absolute atomic E-state index is 0.957. The van der Waals surface area contributed by atoms with Crippen molar-refractivity contribution in [3.8, 4) is 0 Å². The van der Waals surface area contributed by atoms with Crippen LogP contribution < -0.4 is 10.4 Å². The van der Waals surface area contributed by atoms with Crippen LogP contribution in [0.2, 0.25) is 0 Å². The molecule has 1 aromatic carbocycles. The summed E-state index contributed by atoms with van der Waals surface area (Å²) < 4.78 is 1.93. The molecular weight excluding hydrogens is 212 g/mol. The molecule has 2 rings (SSSR count). The van der Waals surface area contributed by atoms with Crippen molar-refractivity contribution in [1.82, 2.24) is 5.43 Å². The summed E-state index contributed by atoms with van der Waals surface area (Å²) in [5.74, 6) is 1.01. The zero-order valence-electron chi connectivity index (χ0n) is 10.6. The second-order valence-corrected chi connectivity index (χ2v) is 4.51. The molecule has 0 aromatic heterocycles. The molecule has 0 amide bonds. The fourth-order valence-electron chi connectivity index (χ4n) is 1.75. The van der Waals surface area contributed by atoms with Crippen molar-refractivity contribution in [1.29, 1.82) is 0 Å². The third-order valence-corrected chi connectivity index (χ3v) is 2.59. The van der Waals surface area contributed by atoms with Crippen LogP contribution in [-0.4, -0.2) is 37.4 Å². The standard InChI is InChI=1S/C13H18N4/c1-11-5-4-6-12(9-11)17-8-7-13(15-17)14-10-16(2)3/h4-6,9-10H,7-8H2,1-3H3/p+1. The van der Waals surface area contributed by atoms with Gasteiger partial charge >= 0.3 is 0 Å². The topological polar surface area (TPSA) is 30.6 Å². The fraction of sp³-hybridized carbons (Fsp3) is 0.385. The second kappa shape index (κ2) is 4.99. The van der Waals surface area contributed by atoms with Gasteiger partial charge in [-0.25, -0.2) is 0 Å². The van der Waals surface area contributed by atoms with Gasteiger partial charge in [-0.3, -0.25) is 15.0 Å².